The van der Waals surface area contributed by atoms with Crippen LogP contribution in [-0.2, 0) is 12.8 Å². The van der Waals surface area contributed by atoms with Gasteiger partial charge in [-0.25, -0.2) is 4.98 Å². The van der Waals surface area contributed by atoms with Gasteiger partial charge in [0.05, 0.1) is 6.20 Å². The van der Waals surface area contributed by atoms with E-state index in [9.17, 15) is 9.90 Å². The molecule has 0 bridgehead atoms. The monoisotopic (exact) mass is 338 g/mol. The van der Waals surface area contributed by atoms with Crippen molar-refractivity contribution in [1.29, 1.82) is 0 Å². The number of amides is 1. The topological polar surface area (TPSA) is 78.4 Å². The first-order chi connectivity index (χ1) is 12.1. The van der Waals surface area contributed by atoms with Crippen LogP contribution in [0.4, 0.5) is 5.82 Å². The van der Waals surface area contributed by atoms with Crippen LogP contribution in [0.5, 0.6) is 0 Å². The largest absolute Gasteiger partial charge is 0.386 e. The van der Waals surface area contributed by atoms with Gasteiger partial charge < -0.3 is 15.3 Å². The van der Waals surface area contributed by atoms with E-state index in [1.807, 2.05) is 17.0 Å². The normalized spacial score (nSPS) is 22.0. The molecule has 2 aromatic rings. The molecule has 2 aliphatic rings. The molecule has 0 saturated carbocycles. The van der Waals surface area contributed by atoms with Crippen LogP contribution in [0.2, 0.25) is 0 Å². The Bertz CT molecular complexity index is 780. The maximum absolute atomic E-state index is 12.4. The molecule has 6 heteroatoms. The molecule has 1 aliphatic carbocycles. The van der Waals surface area contributed by atoms with E-state index in [2.05, 4.69) is 21.4 Å². The number of aromatic nitrogens is 2. The van der Waals surface area contributed by atoms with Gasteiger partial charge in [0, 0.05) is 37.6 Å². The molecule has 130 valence electrons. The number of carbonyl (C=O) groups is 1. The van der Waals surface area contributed by atoms with Gasteiger partial charge in [0.2, 0.25) is 0 Å². The molecule has 1 amide bonds. The van der Waals surface area contributed by atoms with E-state index in [4.69, 9.17) is 0 Å². The van der Waals surface area contributed by atoms with Crippen molar-refractivity contribution >= 4 is 11.7 Å². The second kappa shape index (κ2) is 6.44. The first kappa shape index (κ1) is 16.0. The summed E-state index contributed by atoms with van der Waals surface area (Å²) < 4.78 is 0. The highest BCUT2D eigenvalue weighted by Crippen LogP contribution is 2.25. The van der Waals surface area contributed by atoms with E-state index in [1.54, 1.807) is 18.6 Å². The van der Waals surface area contributed by atoms with Crippen molar-refractivity contribution in [2.45, 2.75) is 31.3 Å². The minimum absolute atomic E-state index is 0.124. The summed E-state index contributed by atoms with van der Waals surface area (Å²) in [6, 6.07) is 5.92. The van der Waals surface area contributed by atoms with Gasteiger partial charge in [-0.3, -0.25) is 9.78 Å². The van der Waals surface area contributed by atoms with Gasteiger partial charge in [-0.15, -0.1) is 0 Å². The summed E-state index contributed by atoms with van der Waals surface area (Å²) in [7, 11) is 0. The predicted molar refractivity (Wildman–Crippen MR) is 94.6 cm³/mol. The first-order valence-electron chi connectivity index (χ1n) is 8.76. The van der Waals surface area contributed by atoms with Crippen LogP contribution in [-0.4, -0.2) is 46.2 Å². The molecular weight excluding hydrogens is 316 g/mol. The number of fused-ring (bicyclic) bond motifs is 1. The Morgan fingerprint density at radius 2 is 2.16 bits per heavy atom. The second-order valence-electron chi connectivity index (χ2n) is 6.98. The number of nitrogens with one attached hydrogen (secondary N) is 1. The van der Waals surface area contributed by atoms with Gasteiger partial charge >= 0.3 is 0 Å². The van der Waals surface area contributed by atoms with Crippen LogP contribution in [0.3, 0.4) is 0 Å². The highest BCUT2D eigenvalue weighted by atomic mass is 16.3. The van der Waals surface area contributed by atoms with Crippen molar-refractivity contribution in [3.05, 3.63) is 53.5 Å². The number of nitrogens with zero attached hydrogens (tertiary/aromatic N) is 3. The Labute approximate surface area is 146 Å². The number of rotatable bonds is 4. The summed E-state index contributed by atoms with van der Waals surface area (Å²) in [5.41, 5.74) is 2.36. The van der Waals surface area contributed by atoms with Gasteiger partial charge in [-0.1, -0.05) is 6.07 Å². The van der Waals surface area contributed by atoms with Gasteiger partial charge in [0.25, 0.3) is 5.91 Å². The molecular formula is C19H22N4O2. The minimum atomic E-state index is -0.941. The standard InChI is InChI=1S/C19H22N4O2/c24-18(16-5-4-14-2-1-3-15(14)10-16)22-12-19(25)6-9-23(13-19)17-11-20-7-8-21-17/h4-5,7-8,10-11,25H,1-3,6,9,12-13H2,(H,22,24)/t19-/m0/s1. The fourth-order valence-electron chi connectivity index (χ4n) is 3.71. The average molecular weight is 338 g/mol. The Morgan fingerprint density at radius 3 is 3.00 bits per heavy atom. The number of carbonyl (C=O) groups excluding carboxylic acids is 1. The van der Waals surface area contributed by atoms with E-state index >= 15 is 0 Å². The quantitative estimate of drug-likeness (QED) is 0.879. The van der Waals surface area contributed by atoms with Gasteiger partial charge in [0.1, 0.15) is 11.4 Å². The van der Waals surface area contributed by atoms with Crippen molar-refractivity contribution in [3.63, 3.8) is 0 Å². The number of benzene rings is 1. The third kappa shape index (κ3) is 3.35. The molecule has 1 aromatic carbocycles. The van der Waals surface area contributed by atoms with E-state index in [0.29, 0.717) is 25.1 Å². The van der Waals surface area contributed by atoms with Crippen LogP contribution in [0.15, 0.2) is 36.8 Å². The summed E-state index contributed by atoms with van der Waals surface area (Å²) in [5.74, 6) is 0.629. The molecule has 1 fully saturated rings. The lowest BCUT2D eigenvalue weighted by atomic mass is 10.0. The van der Waals surface area contributed by atoms with Crippen LogP contribution >= 0.6 is 0 Å². The third-order valence-electron chi connectivity index (χ3n) is 5.14. The van der Waals surface area contributed by atoms with Crippen molar-refractivity contribution in [2.24, 2.45) is 0 Å². The zero-order valence-corrected chi connectivity index (χ0v) is 14.1. The molecule has 1 atom stereocenters. The molecule has 1 aliphatic heterocycles. The van der Waals surface area contributed by atoms with Crippen LogP contribution < -0.4 is 10.2 Å². The predicted octanol–water partition coefficient (Wildman–Crippen LogP) is 1.34. The lowest BCUT2D eigenvalue weighted by Gasteiger charge is -2.24. The molecule has 1 saturated heterocycles. The van der Waals surface area contributed by atoms with E-state index in [1.165, 1.54) is 17.5 Å². The Morgan fingerprint density at radius 1 is 1.28 bits per heavy atom. The van der Waals surface area contributed by atoms with E-state index in [-0.39, 0.29) is 12.5 Å². The molecule has 2 heterocycles. The van der Waals surface area contributed by atoms with Gasteiger partial charge in [-0.2, -0.15) is 0 Å². The van der Waals surface area contributed by atoms with E-state index in [0.717, 1.165) is 18.7 Å². The molecule has 0 radical (unpaired) electrons. The molecule has 25 heavy (non-hydrogen) atoms. The highest BCUT2D eigenvalue weighted by Gasteiger charge is 2.37. The fourth-order valence-corrected chi connectivity index (χ4v) is 3.71. The highest BCUT2D eigenvalue weighted by molar-refractivity contribution is 5.94. The third-order valence-corrected chi connectivity index (χ3v) is 5.14. The van der Waals surface area contributed by atoms with Crippen LogP contribution in [0.1, 0.15) is 34.3 Å². The molecule has 0 spiro atoms. The zero-order valence-electron chi connectivity index (χ0n) is 14.1. The van der Waals surface area contributed by atoms with Crippen molar-refractivity contribution in [2.75, 3.05) is 24.5 Å². The zero-order chi connectivity index (χ0) is 17.3. The number of anilines is 1. The Hall–Kier alpha value is -2.47. The number of aliphatic hydroxyl groups is 1. The van der Waals surface area contributed by atoms with Crippen molar-refractivity contribution in [1.82, 2.24) is 15.3 Å². The summed E-state index contributed by atoms with van der Waals surface area (Å²) in [5, 5.41) is 13.7. The van der Waals surface area contributed by atoms with Gasteiger partial charge in [0.15, 0.2) is 0 Å². The molecule has 6 nitrogen and oxygen atoms in total. The lowest BCUT2D eigenvalue weighted by Crippen LogP contribution is -2.45. The smallest absolute Gasteiger partial charge is 0.251 e. The summed E-state index contributed by atoms with van der Waals surface area (Å²) in [4.78, 5) is 22.8. The number of hydrogen-bond acceptors (Lipinski definition) is 5. The number of β-amino-alcohol motifs (C(OH)–C–C–N with tert-alkyl or cyclic N) is 1. The lowest BCUT2D eigenvalue weighted by molar-refractivity contribution is 0.0575. The van der Waals surface area contributed by atoms with Crippen LogP contribution in [0, 0.1) is 0 Å². The molecule has 0 unspecified atom stereocenters. The molecule has 2 N–H and O–H groups in total. The first-order valence-corrected chi connectivity index (χ1v) is 8.76. The maximum Gasteiger partial charge on any atom is 0.251 e. The minimum Gasteiger partial charge on any atom is -0.386 e. The SMILES string of the molecule is O=C(NC[C@@]1(O)CCN(c2cnccn2)C1)c1ccc2c(c1)CCC2. The second-order valence-corrected chi connectivity index (χ2v) is 6.98. The molecule has 1 aromatic heterocycles. The van der Waals surface area contributed by atoms with Crippen molar-refractivity contribution in [3.8, 4) is 0 Å². The summed E-state index contributed by atoms with van der Waals surface area (Å²) in [6.07, 6.45) is 8.87. The van der Waals surface area contributed by atoms with Crippen LogP contribution in [0.25, 0.3) is 0 Å². The fraction of sp³-hybridized carbons (Fsp3) is 0.421. The van der Waals surface area contributed by atoms with Crippen molar-refractivity contribution < 1.29 is 9.90 Å². The maximum atomic E-state index is 12.4. The number of hydrogen-bond donors (Lipinski definition) is 2. The summed E-state index contributed by atoms with van der Waals surface area (Å²) in [6.45, 7) is 1.37. The molecule has 4 rings (SSSR count). The number of aryl methyl sites for hydroxylation is 2. The average Bonchev–Trinajstić information content (AvgIpc) is 3.27. The Balaban J connectivity index is 1.37. The summed E-state index contributed by atoms with van der Waals surface area (Å²) >= 11 is 0. The van der Waals surface area contributed by atoms with E-state index < -0.39 is 5.60 Å². The Kier molecular flexibility index (Phi) is 4.13. The van der Waals surface area contributed by atoms with Gasteiger partial charge in [-0.05, 0) is 48.9 Å².